The van der Waals surface area contributed by atoms with E-state index >= 15 is 0 Å². The van der Waals surface area contributed by atoms with Gasteiger partial charge in [0.05, 0.1) is 25.5 Å². The number of nitrogens with zero attached hydrogens (tertiary/aromatic N) is 2. The van der Waals surface area contributed by atoms with Crippen molar-refractivity contribution in [1.29, 1.82) is 0 Å². The Balaban J connectivity index is 2.20. The van der Waals surface area contributed by atoms with Gasteiger partial charge in [-0.1, -0.05) is 0 Å². The lowest BCUT2D eigenvalue weighted by Crippen LogP contribution is -2.58. The smallest absolute Gasteiger partial charge is 0.328 e. The van der Waals surface area contributed by atoms with Crippen LogP contribution in [-0.4, -0.2) is 164 Å². The van der Waals surface area contributed by atoms with E-state index in [9.17, 15) is 63.3 Å². The summed E-state index contributed by atoms with van der Waals surface area (Å²) in [6.45, 7) is 0.0276. The van der Waals surface area contributed by atoms with Gasteiger partial charge in [-0.05, 0) is 52.0 Å². The van der Waals surface area contributed by atoms with Crippen LogP contribution in [0.25, 0.3) is 0 Å². The number of carboxylic acid groups (broad SMARTS) is 3. The van der Waals surface area contributed by atoms with Gasteiger partial charge in [-0.25, -0.2) is 9.78 Å². The van der Waals surface area contributed by atoms with Gasteiger partial charge in [-0.15, -0.1) is 0 Å². The molecule has 2 heterocycles. The fraction of sp³-hybridized carbons (Fsp3) is 0.600. The fourth-order valence-electron chi connectivity index (χ4n) is 5.79. The molecule has 344 valence electrons. The molecular formula is C35H55N13O14. The van der Waals surface area contributed by atoms with Crippen molar-refractivity contribution >= 4 is 65.2 Å². The average molecular weight is 882 g/mol. The van der Waals surface area contributed by atoms with Crippen molar-refractivity contribution in [3.63, 3.8) is 0 Å². The van der Waals surface area contributed by atoms with Gasteiger partial charge in [0.15, 0.2) is 5.96 Å². The lowest BCUT2D eigenvalue weighted by Gasteiger charge is -2.25. The summed E-state index contributed by atoms with van der Waals surface area (Å²) in [5.41, 5.74) is 11.1. The predicted octanol–water partition coefficient (Wildman–Crippen LogP) is -6.39. The predicted molar refractivity (Wildman–Crippen MR) is 212 cm³/mol. The van der Waals surface area contributed by atoms with Crippen LogP contribution in [0.4, 0.5) is 0 Å². The normalized spacial score (nSPS) is 16.1. The first-order valence-electron chi connectivity index (χ1n) is 19.4. The number of aliphatic hydroxyl groups is 1. The molecule has 1 aromatic rings. The molecule has 0 bridgehead atoms. The minimum Gasteiger partial charge on any atom is -0.481 e. The van der Waals surface area contributed by atoms with E-state index in [0.29, 0.717) is 18.7 Å². The molecule has 0 saturated carbocycles. The van der Waals surface area contributed by atoms with E-state index in [4.69, 9.17) is 16.6 Å². The van der Waals surface area contributed by atoms with E-state index in [1.165, 1.54) is 19.4 Å². The average Bonchev–Trinajstić information content (AvgIpc) is 3.95. The molecule has 1 saturated heterocycles. The zero-order valence-electron chi connectivity index (χ0n) is 33.8. The molecule has 0 unspecified atom stereocenters. The van der Waals surface area contributed by atoms with Crippen LogP contribution < -0.4 is 54.0 Å². The minimum atomic E-state index is -1.66. The van der Waals surface area contributed by atoms with Crippen LogP contribution in [0.15, 0.2) is 17.5 Å². The lowest BCUT2D eigenvalue weighted by atomic mass is 10.1. The Morgan fingerprint density at radius 1 is 0.774 bits per heavy atom. The molecule has 1 aliphatic rings. The number of nitrogens with two attached hydrogens (primary N) is 2. The number of aliphatic hydroxyl groups excluding tert-OH is 1. The number of hydrogen-bond donors (Lipinski definition) is 15. The lowest BCUT2D eigenvalue weighted by molar-refractivity contribution is -0.143. The SMILES string of the molecule is C[C@H](NC(=O)[C@H](CCCN=C(N)N)NC(=O)CNC(=O)[C@H](CCC(=O)O)NC(=O)[C@H](CCC(=O)O)NC(=O)[C@H](Cc1cnc[nH]1)NC(=O)[C@@H]1CCCN1)C(=O)N[C@@H](CO)C(=O)O. The third kappa shape index (κ3) is 19.0. The van der Waals surface area contributed by atoms with Gasteiger partial charge < -0.3 is 79.4 Å². The third-order valence-corrected chi connectivity index (χ3v) is 9.12. The Labute approximate surface area is 353 Å². The molecule has 0 aromatic carbocycles. The molecule has 7 atom stereocenters. The van der Waals surface area contributed by atoms with Crippen molar-refractivity contribution in [3.05, 3.63) is 18.2 Å². The maximum Gasteiger partial charge on any atom is 0.328 e. The minimum absolute atomic E-state index is 0.0158. The summed E-state index contributed by atoms with van der Waals surface area (Å²) in [6, 6.07) is -9.53. The van der Waals surface area contributed by atoms with Crippen molar-refractivity contribution in [2.45, 2.75) is 107 Å². The van der Waals surface area contributed by atoms with Gasteiger partial charge in [0.1, 0.15) is 36.3 Å². The second kappa shape index (κ2) is 26.3. The molecule has 62 heavy (non-hydrogen) atoms. The summed E-state index contributed by atoms with van der Waals surface area (Å²) in [6.07, 6.45) is 1.56. The van der Waals surface area contributed by atoms with Crippen molar-refractivity contribution in [2.24, 2.45) is 16.5 Å². The Morgan fingerprint density at radius 2 is 1.35 bits per heavy atom. The highest BCUT2D eigenvalue weighted by atomic mass is 16.4. The number of imidazole rings is 1. The number of aliphatic carboxylic acids is 3. The number of guanidine groups is 1. The molecule has 1 aromatic heterocycles. The number of aromatic nitrogens is 2. The molecule has 7 amide bonds. The molecule has 1 aliphatic heterocycles. The van der Waals surface area contributed by atoms with Gasteiger partial charge in [-0.3, -0.25) is 48.1 Å². The van der Waals surface area contributed by atoms with Gasteiger partial charge in [0.2, 0.25) is 41.4 Å². The quantitative estimate of drug-likeness (QED) is 0.0211. The molecule has 0 radical (unpaired) electrons. The standard InChI is InChI=1S/C35H55N13O14/c1-17(28(55)48-24(15-49)34(61)62)43-31(58)20(5-3-11-40-35(36)37)44-25(50)14-41-29(56)21(6-8-26(51)52)45-32(59)22(7-9-27(53)54)46-33(60)23(12-18-13-38-16-42-18)47-30(57)19-4-2-10-39-19/h13,16-17,19-24,39,49H,2-12,14-15H2,1H3,(H,38,42)(H,41,56)(H,43,58)(H,44,50)(H,45,59)(H,46,60)(H,47,57)(H,48,55)(H,51,52)(H,53,54)(H,61,62)(H4,36,37,40)/t17-,19-,20-,21-,22-,23-,24-/m0/s1. The van der Waals surface area contributed by atoms with Crippen LogP contribution in [0.2, 0.25) is 0 Å². The number of nitrogens with one attached hydrogen (secondary N) is 9. The second-order valence-electron chi connectivity index (χ2n) is 14.1. The van der Waals surface area contributed by atoms with Gasteiger partial charge in [0, 0.05) is 37.7 Å². The summed E-state index contributed by atoms with van der Waals surface area (Å²) < 4.78 is 0. The Kier molecular flexibility index (Phi) is 21.8. The number of carbonyl (C=O) groups is 10. The first-order valence-corrected chi connectivity index (χ1v) is 19.4. The Hall–Kier alpha value is -6.90. The van der Waals surface area contributed by atoms with Gasteiger partial charge in [-0.2, -0.15) is 0 Å². The number of aromatic amines is 1. The highest BCUT2D eigenvalue weighted by Gasteiger charge is 2.33. The van der Waals surface area contributed by atoms with E-state index in [1.807, 2.05) is 5.32 Å². The van der Waals surface area contributed by atoms with E-state index < -0.39 is 140 Å². The van der Waals surface area contributed by atoms with Crippen molar-refractivity contribution in [1.82, 2.24) is 52.5 Å². The van der Waals surface area contributed by atoms with Crippen LogP contribution >= 0.6 is 0 Å². The number of hydrogen-bond acceptors (Lipinski definition) is 14. The zero-order valence-corrected chi connectivity index (χ0v) is 33.8. The molecule has 0 aliphatic carbocycles. The van der Waals surface area contributed by atoms with E-state index in [-0.39, 0.29) is 31.8 Å². The first kappa shape index (κ1) is 51.2. The van der Waals surface area contributed by atoms with E-state index in [2.05, 4.69) is 52.2 Å². The number of aliphatic imine (C=N–C) groups is 1. The first-order chi connectivity index (χ1) is 29.3. The van der Waals surface area contributed by atoms with Crippen LogP contribution in [0.1, 0.15) is 64.0 Å². The van der Waals surface area contributed by atoms with E-state index in [0.717, 1.165) is 6.42 Å². The monoisotopic (exact) mass is 881 g/mol. The fourth-order valence-corrected chi connectivity index (χ4v) is 5.79. The highest BCUT2D eigenvalue weighted by Crippen LogP contribution is 2.09. The molecule has 17 N–H and O–H groups in total. The maximum atomic E-state index is 13.6. The topological polar surface area (TPSA) is 441 Å². The largest absolute Gasteiger partial charge is 0.481 e. The Bertz CT molecular complexity index is 1770. The number of carboxylic acids is 3. The molecule has 27 nitrogen and oxygen atoms in total. The number of H-pyrrole nitrogens is 1. The molecule has 1 fully saturated rings. The summed E-state index contributed by atoms with van der Waals surface area (Å²) >= 11 is 0. The molecular weight excluding hydrogens is 826 g/mol. The summed E-state index contributed by atoms with van der Waals surface area (Å²) in [5, 5.41) is 56.3. The zero-order chi connectivity index (χ0) is 46.4. The van der Waals surface area contributed by atoms with Crippen LogP contribution in [-0.2, 0) is 54.4 Å². The summed E-state index contributed by atoms with van der Waals surface area (Å²) in [7, 11) is 0. The number of amides is 7. The maximum absolute atomic E-state index is 13.6. The summed E-state index contributed by atoms with van der Waals surface area (Å²) in [5.74, 6) is -10.9. The van der Waals surface area contributed by atoms with Crippen LogP contribution in [0, 0.1) is 0 Å². The van der Waals surface area contributed by atoms with Gasteiger partial charge in [0.25, 0.3) is 0 Å². The number of carbonyl (C=O) groups excluding carboxylic acids is 7. The van der Waals surface area contributed by atoms with Gasteiger partial charge >= 0.3 is 17.9 Å². The second-order valence-corrected chi connectivity index (χ2v) is 14.1. The summed E-state index contributed by atoms with van der Waals surface area (Å²) in [4.78, 5) is 137. The molecule has 2 rings (SSSR count). The van der Waals surface area contributed by atoms with Crippen molar-refractivity contribution < 1.29 is 68.4 Å². The van der Waals surface area contributed by atoms with Crippen LogP contribution in [0.3, 0.4) is 0 Å². The van der Waals surface area contributed by atoms with Crippen LogP contribution in [0.5, 0.6) is 0 Å². The van der Waals surface area contributed by atoms with Crippen molar-refractivity contribution in [3.8, 4) is 0 Å². The van der Waals surface area contributed by atoms with Crippen molar-refractivity contribution in [2.75, 3.05) is 26.2 Å². The third-order valence-electron chi connectivity index (χ3n) is 9.12. The molecule has 27 heteroatoms. The Morgan fingerprint density at radius 3 is 1.89 bits per heavy atom. The highest BCUT2D eigenvalue weighted by molar-refractivity contribution is 5.97. The van der Waals surface area contributed by atoms with E-state index in [1.54, 1.807) is 0 Å². The molecule has 0 spiro atoms. The number of rotatable bonds is 28.